The van der Waals surface area contributed by atoms with Crippen molar-refractivity contribution in [2.75, 3.05) is 18.4 Å². The van der Waals surface area contributed by atoms with Crippen LogP contribution in [-0.4, -0.2) is 44.9 Å². The molecular formula is C12H18N4O3. The second kappa shape index (κ2) is 6.21. The number of hydrogen-bond donors (Lipinski definition) is 2. The van der Waals surface area contributed by atoms with Crippen LogP contribution < -0.4 is 5.32 Å². The van der Waals surface area contributed by atoms with Crippen LogP contribution in [0, 0.1) is 0 Å². The summed E-state index contributed by atoms with van der Waals surface area (Å²) in [6.45, 7) is 1.34. The second-order valence-corrected chi connectivity index (χ2v) is 4.65. The first-order chi connectivity index (χ1) is 9.15. The fourth-order valence-electron chi connectivity index (χ4n) is 2.13. The van der Waals surface area contributed by atoms with E-state index < -0.39 is 5.97 Å². The van der Waals surface area contributed by atoms with E-state index in [-0.39, 0.29) is 12.6 Å². The molecule has 2 heterocycles. The highest BCUT2D eigenvalue weighted by Gasteiger charge is 2.16. The summed E-state index contributed by atoms with van der Waals surface area (Å²) in [5.41, 5.74) is 0.524. The zero-order valence-corrected chi connectivity index (χ0v) is 10.7. The van der Waals surface area contributed by atoms with E-state index in [1.165, 1.54) is 29.9 Å². The number of likely N-dealkylation sites (tertiary alicyclic amines) is 1. The maximum absolute atomic E-state index is 12.0. The van der Waals surface area contributed by atoms with E-state index >= 15 is 0 Å². The third-order valence-electron chi connectivity index (χ3n) is 3.08. The van der Waals surface area contributed by atoms with Gasteiger partial charge in [-0.05, 0) is 12.8 Å². The number of anilines is 1. The summed E-state index contributed by atoms with van der Waals surface area (Å²) in [6.07, 6.45) is 7.38. The number of carbonyl (C=O) groups excluding carboxylic acids is 1. The number of nitrogens with one attached hydrogen (secondary N) is 1. The number of carbonyl (C=O) groups is 2. The van der Waals surface area contributed by atoms with Gasteiger partial charge in [0.05, 0.1) is 11.9 Å². The fourth-order valence-corrected chi connectivity index (χ4v) is 2.13. The molecule has 1 aliphatic rings. The molecule has 19 heavy (non-hydrogen) atoms. The molecule has 2 N–H and O–H groups in total. The van der Waals surface area contributed by atoms with Crippen molar-refractivity contribution in [2.45, 2.75) is 32.2 Å². The first kappa shape index (κ1) is 13.4. The predicted octanol–water partition coefficient (Wildman–Crippen LogP) is 1.38. The van der Waals surface area contributed by atoms with Gasteiger partial charge in [0.25, 0.3) is 0 Å². The smallest absolute Gasteiger partial charge is 0.325 e. The number of nitrogens with zero attached hydrogens (tertiary/aromatic N) is 3. The SMILES string of the molecule is O=C(O)Cn1cc(NC(=O)N2CCCCCC2)cn1. The first-order valence-corrected chi connectivity index (χ1v) is 6.45. The van der Waals surface area contributed by atoms with Gasteiger partial charge >= 0.3 is 12.0 Å². The summed E-state index contributed by atoms with van der Waals surface area (Å²) in [6, 6.07) is -0.142. The second-order valence-electron chi connectivity index (χ2n) is 4.65. The van der Waals surface area contributed by atoms with E-state index in [9.17, 15) is 9.59 Å². The standard InChI is InChI=1S/C12H18N4O3/c17-11(18)9-16-8-10(7-13-16)14-12(19)15-5-3-1-2-4-6-15/h7-8H,1-6,9H2,(H,14,19)(H,17,18). The minimum atomic E-state index is -0.964. The molecule has 1 saturated heterocycles. The third kappa shape index (κ3) is 3.97. The van der Waals surface area contributed by atoms with Gasteiger partial charge in [-0.3, -0.25) is 9.48 Å². The van der Waals surface area contributed by atoms with Crippen molar-refractivity contribution >= 4 is 17.7 Å². The Bertz CT molecular complexity index is 450. The molecule has 1 aliphatic heterocycles. The number of carboxylic acids is 1. The minimum Gasteiger partial charge on any atom is -0.480 e. The monoisotopic (exact) mass is 266 g/mol. The summed E-state index contributed by atoms with van der Waals surface area (Å²) < 4.78 is 1.28. The predicted molar refractivity (Wildman–Crippen MR) is 68.9 cm³/mol. The van der Waals surface area contributed by atoms with Crippen molar-refractivity contribution in [3.05, 3.63) is 12.4 Å². The highest BCUT2D eigenvalue weighted by atomic mass is 16.4. The summed E-state index contributed by atoms with van der Waals surface area (Å²) in [4.78, 5) is 24.3. The Kier molecular flexibility index (Phi) is 4.38. The number of amides is 2. The van der Waals surface area contributed by atoms with Crippen molar-refractivity contribution in [1.29, 1.82) is 0 Å². The van der Waals surface area contributed by atoms with Crippen molar-refractivity contribution < 1.29 is 14.7 Å². The van der Waals surface area contributed by atoms with Gasteiger partial charge in [-0.2, -0.15) is 5.10 Å². The molecule has 7 heteroatoms. The number of hydrogen-bond acceptors (Lipinski definition) is 3. The highest BCUT2D eigenvalue weighted by molar-refractivity contribution is 5.89. The number of aromatic nitrogens is 2. The molecule has 2 rings (SSSR count). The average molecular weight is 266 g/mol. The van der Waals surface area contributed by atoms with Crippen molar-refractivity contribution in [2.24, 2.45) is 0 Å². The lowest BCUT2D eigenvalue weighted by Crippen LogP contribution is -2.35. The van der Waals surface area contributed by atoms with Crippen LogP contribution in [-0.2, 0) is 11.3 Å². The van der Waals surface area contributed by atoms with Gasteiger partial charge in [0.15, 0.2) is 0 Å². The Morgan fingerprint density at radius 3 is 2.58 bits per heavy atom. The van der Waals surface area contributed by atoms with Gasteiger partial charge in [0, 0.05) is 19.3 Å². The maximum atomic E-state index is 12.0. The Balaban J connectivity index is 1.90. The lowest BCUT2D eigenvalue weighted by molar-refractivity contribution is -0.137. The van der Waals surface area contributed by atoms with Crippen LogP contribution in [0.3, 0.4) is 0 Å². The van der Waals surface area contributed by atoms with Crippen LogP contribution in [0.2, 0.25) is 0 Å². The molecule has 1 aromatic heterocycles. The van der Waals surface area contributed by atoms with E-state index in [2.05, 4.69) is 10.4 Å². The van der Waals surface area contributed by atoms with Gasteiger partial charge < -0.3 is 15.3 Å². The molecule has 0 radical (unpaired) electrons. The summed E-state index contributed by atoms with van der Waals surface area (Å²) >= 11 is 0. The Morgan fingerprint density at radius 2 is 1.95 bits per heavy atom. The topological polar surface area (TPSA) is 87.5 Å². The third-order valence-corrected chi connectivity index (χ3v) is 3.08. The minimum absolute atomic E-state index is 0.142. The van der Waals surface area contributed by atoms with Crippen LogP contribution in [0.1, 0.15) is 25.7 Å². The molecule has 0 bridgehead atoms. The molecule has 0 spiro atoms. The lowest BCUT2D eigenvalue weighted by atomic mass is 10.2. The molecule has 0 aliphatic carbocycles. The Hall–Kier alpha value is -2.05. The zero-order chi connectivity index (χ0) is 13.7. The molecule has 1 aromatic rings. The quantitative estimate of drug-likeness (QED) is 0.865. The lowest BCUT2D eigenvalue weighted by Gasteiger charge is -2.20. The van der Waals surface area contributed by atoms with Crippen molar-refractivity contribution in [3.8, 4) is 0 Å². The van der Waals surface area contributed by atoms with Gasteiger partial charge in [-0.1, -0.05) is 12.8 Å². The van der Waals surface area contributed by atoms with Crippen LogP contribution >= 0.6 is 0 Å². The highest BCUT2D eigenvalue weighted by Crippen LogP contribution is 2.12. The van der Waals surface area contributed by atoms with E-state index in [1.807, 2.05) is 0 Å². The van der Waals surface area contributed by atoms with Crippen molar-refractivity contribution in [3.63, 3.8) is 0 Å². The van der Waals surface area contributed by atoms with Gasteiger partial charge in [0.2, 0.25) is 0 Å². The van der Waals surface area contributed by atoms with Crippen LogP contribution in [0.5, 0.6) is 0 Å². The van der Waals surface area contributed by atoms with Crippen LogP contribution in [0.15, 0.2) is 12.4 Å². The number of carboxylic acid groups (broad SMARTS) is 1. The van der Waals surface area contributed by atoms with Gasteiger partial charge in [-0.15, -0.1) is 0 Å². The van der Waals surface area contributed by atoms with Crippen molar-refractivity contribution in [1.82, 2.24) is 14.7 Å². The zero-order valence-electron chi connectivity index (χ0n) is 10.7. The first-order valence-electron chi connectivity index (χ1n) is 6.45. The molecule has 0 aromatic carbocycles. The number of rotatable bonds is 3. The summed E-state index contributed by atoms with van der Waals surface area (Å²) in [5, 5.41) is 15.3. The van der Waals surface area contributed by atoms with E-state index in [1.54, 1.807) is 4.90 Å². The van der Waals surface area contributed by atoms with Crippen LogP contribution in [0.25, 0.3) is 0 Å². The number of aliphatic carboxylic acids is 1. The normalized spacial score (nSPS) is 15.9. The fraction of sp³-hybridized carbons (Fsp3) is 0.583. The Labute approximate surface area is 111 Å². The van der Waals surface area contributed by atoms with Crippen LogP contribution in [0.4, 0.5) is 10.5 Å². The molecule has 0 atom stereocenters. The van der Waals surface area contributed by atoms with Gasteiger partial charge in [0.1, 0.15) is 6.54 Å². The number of urea groups is 1. The van der Waals surface area contributed by atoms with E-state index in [4.69, 9.17) is 5.11 Å². The molecular weight excluding hydrogens is 248 g/mol. The molecule has 0 saturated carbocycles. The Morgan fingerprint density at radius 1 is 1.26 bits per heavy atom. The average Bonchev–Trinajstić information content (AvgIpc) is 2.64. The molecule has 1 fully saturated rings. The maximum Gasteiger partial charge on any atom is 0.325 e. The van der Waals surface area contributed by atoms with Gasteiger partial charge in [-0.25, -0.2) is 4.79 Å². The molecule has 104 valence electrons. The summed E-state index contributed by atoms with van der Waals surface area (Å²) in [7, 11) is 0. The molecule has 2 amide bonds. The largest absolute Gasteiger partial charge is 0.480 e. The van der Waals surface area contributed by atoms with E-state index in [0.717, 1.165) is 25.9 Å². The summed E-state index contributed by atoms with van der Waals surface area (Å²) in [5.74, 6) is -0.964. The van der Waals surface area contributed by atoms with E-state index in [0.29, 0.717) is 5.69 Å². The molecule has 7 nitrogen and oxygen atoms in total. The molecule has 0 unspecified atom stereocenters.